The Kier molecular flexibility index (Phi) is 3.08. The van der Waals surface area contributed by atoms with E-state index in [1.165, 1.54) is 0 Å². The third-order valence-electron chi connectivity index (χ3n) is 1.69. The van der Waals surface area contributed by atoms with Gasteiger partial charge in [0.1, 0.15) is 0 Å². The highest BCUT2D eigenvalue weighted by molar-refractivity contribution is 5.41. The van der Waals surface area contributed by atoms with E-state index >= 15 is 0 Å². The van der Waals surface area contributed by atoms with Crippen molar-refractivity contribution in [1.82, 2.24) is 5.32 Å². The molecular weight excluding hydrogens is 152 g/mol. The van der Waals surface area contributed by atoms with Crippen molar-refractivity contribution in [3.05, 3.63) is 29.8 Å². The molecule has 12 heavy (non-hydrogen) atoms. The van der Waals surface area contributed by atoms with E-state index in [-0.39, 0.29) is 0 Å². The summed E-state index contributed by atoms with van der Waals surface area (Å²) >= 11 is 0. The molecular formula is C9H14N2O. The van der Waals surface area contributed by atoms with Crippen LogP contribution in [0.3, 0.4) is 0 Å². The minimum atomic E-state index is -0.474. The molecule has 0 saturated heterocycles. The topological polar surface area (TPSA) is 58.3 Å². The molecule has 0 aliphatic carbocycles. The maximum absolute atomic E-state index is 9.53. The van der Waals surface area contributed by atoms with Crippen LogP contribution in [0.4, 0.5) is 5.69 Å². The van der Waals surface area contributed by atoms with Crippen molar-refractivity contribution in [2.75, 3.05) is 19.3 Å². The number of hydrogen-bond acceptors (Lipinski definition) is 3. The summed E-state index contributed by atoms with van der Waals surface area (Å²) in [5, 5.41) is 12.4. The van der Waals surface area contributed by atoms with Crippen molar-refractivity contribution in [3.8, 4) is 0 Å². The summed E-state index contributed by atoms with van der Waals surface area (Å²) in [5.41, 5.74) is 7.10. The number of nitrogen functional groups attached to an aromatic ring is 1. The van der Waals surface area contributed by atoms with Crippen molar-refractivity contribution in [1.29, 1.82) is 0 Å². The van der Waals surface area contributed by atoms with Gasteiger partial charge in [0.25, 0.3) is 0 Å². The van der Waals surface area contributed by atoms with E-state index < -0.39 is 6.10 Å². The summed E-state index contributed by atoms with van der Waals surface area (Å²) in [5.74, 6) is 0. The van der Waals surface area contributed by atoms with E-state index in [0.29, 0.717) is 12.2 Å². The number of benzene rings is 1. The molecule has 1 rings (SSSR count). The lowest BCUT2D eigenvalue weighted by molar-refractivity contribution is 0.178. The average molecular weight is 166 g/mol. The lowest BCUT2D eigenvalue weighted by atomic mass is 10.1. The largest absolute Gasteiger partial charge is 0.399 e. The predicted molar refractivity (Wildman–Crippen MR) is 49.7 cm³/mol. The first-order chi connectivity index (χ1) is 5.74. The molecule has 0 heterocycles. The van der Waals surface area contributed by atoms with Crippen LogP contribution in [0, 0.1) is 0 Å². The van der Waals surface area contributed by atoms with Crippen LogP contribution in [0.15, 0.2) is 24.3 Å². The second-order valence-electron chi connectivity index (χ2n) is 2.74. The predicted octanol–water partition coefficient (Wildman–Crippen LogP) is 0.522. The van der Waals surface area contributed by atoms with E-state index in [4.69, 9.17) is 5.73 Å². The van der Waals surface area contributed by atoms with E-state index in [9.17, 15) is 5.11 Å². The third-order valence-corrected chi connectivity index (χ3v) is 1.69. The second kappa shape index (κ2) is 4.09. The van der Waals surface area contributed by atoms with Gasteiger partial charge >= 0.3 is 0 Å². The first-order valence-electron chi connectivity index (χ1n) is 3.92. The minimum absolute atomic E-state index is 0.474. The Balaban J connectivity index is 2.73. The standard InChI is InChI=1S/C9H14N2O/c1-11-6-9(12)7-3-2-4-8(10)5-7/h2-5,9,11-12H,6,10H2,1H3. The smallest absolute Gasteiger partial charge is 0.0915 e. The van der Waals surface area contributed by atoms with Crippen molar-refractivity contribution < 1.29 is 5.11 Å². The Morgan fingerprint density at radius 1 is 1.58 bits per heavy atom. The summed E-state index contributed by atoms with van der Waals surface area (Å²) in [6.07, 6.45) is -0.474. The molecule has 0 fully saturated rings. The number of aliphatic hydroxyl groups is 1. The average Bonchev–Trinajstić information content (AvgIpc) is 2.05. The van der Waals surface area contributed by atoms with Gasteiger partial charge in [0.2, 0.25) is 0 Å². The fraction of sp³-hybridized carbons (Fsp3) is 0.333. The third kappa shape index (κ3) is 2.22. The molecule has 1 aromatic carbocycles. The highest BCUT2D eigenvalue weighted by Crippen LogP contribution is 2.14. The minimum Gasteiger partial charge on any atom is -0.399 e. The quantitative estimate of drug-likeness (QED) is 0.574. The number of anilines is 1. The number of nitrogens with two attached hydrogens (primary N) is 1. The molecule has 0 aliphatic heterocycles. The van der Waals surface area contributed by atoms with Gasteiger partial charge in [0.15, 0.2) is 0 Å². The summed E-state index contributed by atoms with van der Waals surface area (Å²) in [4.78, 5) is 0. The molecule has 0 aliphatic rings. The Hall–Kier alpha value is -1.06. The number of likely N-dealkylation sites (N-methyl/N-ethyl adjacent to an activating group) is 1. The van der Waals surface area contributed by atoms with Crippen LogP contribution in [0.5, 0.6) is 0 Å². The van der Waals surface area contributed by atoms with Gasteiger partial charge < -0.3 is 16.2 Å². The van der Waals surface area contributed by atoms with Crippen molar-refractivity contribution in [2.24, 2.45) is 0 Å². The lowest BCUT2D eigenvalue weighted by Gasteiger charge is -2.10. The van der Waals surface area contributed by atoms with Crippen LogP contribution in [0.2, 0.25) is 0 Å². The fourth-order valence-electron chi connectivity index (χ4n) is 1.08. The maximum Gasteiger partial charge on any atom is 0.0915 e. The summed E-state index contributed by atoms with van der Waals surface area (Å²) in [7, 11) is 1.80. The van der Waals surface area contributed by atoms with Crippen LogP contribution in [-0.4, -0.2) is 18.7 Å². The van der Waals surface area contributed by atoms with Gasteiger partial charge in [-0.1, -0.05) is 12.1 Å². The van der Waals surface area contributed by atoms with E-state index in [1.807, 2.05) is 12.1 Å². The molecule has 0 saturated carbocycles. The number of hydrogen-bond donors (Lipinski definition) is 3. The zero-order valence-corrected chi connectivity index (χ0v) is 7.12. The van der Waals surface area contributed by atoms with E-state index in [1.54, 1.807) is 19.2 Å². The van der Waals surface area contributed by atoms with Crippen LogP contribution < -0.4 is 11.1 Å². The van der Waals surface area contributed by atoms with Gasteiger partial charge in [0, 0.05) is 12.2 Å². The van der Waals surface area contributed by atoms with Crippen LogP contribution >= 0.6 is 0 Å². The molecule has 0 aromatic heterocycles. The molecule has 4 N–H and O–H groups in total. The van der Waals surface area contributed by atoms with Gasteiger partial charge in [-0.15, -0.1) is 0 Å². The van der Waals surface area contributed by atoms with Crippen LogP contribution in [0.25, 0.3) is 0 Å². The molecule has 1 atom stereocenters. The summed E-state index contributed by atoms with van der Waals surface area (Å²) < 4.78 is 0. The summed E-state index contributed by atoms with van der Waals surface area (Å²) in [6.45, 7) is 0.545. The highest BCUT2D eigenvalue weighted by atomic mass is 16.3. The molecule has 0 bridgehead atoms. The normalized spacial score (nSPS) is 12.8. The van der Waals surface area contributed by atoms with Crippen molar-refractivity contribution in [2.45, 2.75) is 6.10 Å². The first kappa shape index (κ1) is 9.03. The van der Waals surface area contributed by atoms with Gasteiger partial charge in [-0.3, -0.25) is 0 Å². The highest BCUT2D eigenvalue weighted by Gasteiger charge is 2.04. The monoisotopic (exact) mass is 166 g/mol. The van der Waals surface area contributed by atoms with Crippen LogP contribution in [-0.2, 0) is 0 Å². The van der Waals surface area contributed by atoms with E-state index in [2.05, 4.69) is 5.32 Å². The Labute approximate surface area is 72.2 Å². The maximum atomic E-state index is 9.53. The molecule has 0 spiro atoms. The Morgan fingerprint density at radius 3 is 2.92 bits per heavy atom. The Morgan fingerprint density at radius 2 is 2.33 bits per heavy atom. The van der Waals surface area contributed by atoms with Gasteiger partial charge in [0.05, 0.1) is 6.10 Å². The van der Waals surface area contributed by atoms with Gasteiger partial charge in [-0.05, 0) is 24.7 Å². The first-order valence-corrected chi connectivity index (χ1v) is 3.92. The molecule has 0 radical (unpaired) electrons. The SMILES string of the molecule is CNCC(O)c1cccc(N)c1. The molecule has 0 amide bonds. The Bertz CT molecular complexity index is 250. The van der Waals surface area contributed by atoms with Gasteiger partial charge in [-0.25, -0.2) is 0 Å². The van der Waals surface area contributed by atoms with E-state index in [0.717, 1.165) is 5.56 Å². The molecule has 66 valence electrons. The second-order valence-corrected chi connectivity index (χ2v) is 2.74. The molecule has 1 aromatic rings. The van der Waals surface area contributed by atoms with Crippen molar-refractivity contribution in [3.63, 3.8) is 0 Å². The molecule has 3 nitrogen and oxygen atoms in total. The number of aliphatic hydroxyl groups excluding tert-OH is 1. The number of nitrogens with one attached hydrogen (secondary N) is 1. The number of rotatable bonds is 3. The molecule has 3 heteroatoms. The lowest BCUT2D eigenvalue weighted by Crippen LogP contribution is -2.16. The zero-order chi connectivity index (χ0) is 8.97. The fourth-order valence-corrected chi connectivity index (χ4v) is 1.08. The van der Waals surface area contributed by atoms with Crippen molar-refractivity contribution >= 4 is 5.69 Å². The zero-order valence-electron chi connectivity index (χ0n) is 7.12. The summed E-state index contributed by atoms with van der Waals surface area (Å²) in [6, 6.07) is 7.28. The van der Waals surface area contributed by atoms with Crippen LogP contribution in [0.1, 0.15) is 11.7 Å². The molecule has 1 unspecified atom stereocenters. The van der Waals surface area contributed by atoms with Gasteiger partial charge in [-0.2, -0.15) is 0 Å².